The van der Waals surface area contributed by atoms with E-state index in [4.69, 9.17) is 20.9 Å². The van der Waals surface area contributed by atoms with Gasteiger partial charge >= 0.3 is 6.09 Å². The number of carbonyl (C=O) groups excluding carboxylic acids is 1. The molecule has 0 spiro atoms. The average Bonchev–Trinajstić information content (AvgIpc) is 3.11. The molecular formula is C19H27ClN6O3. The number of aromatic nitrogens is 2. The molecule has 2 aromatic rings. The number of alkyl carbamates (subject to hydrolysis) is 1. The summed E-state index contributed by atoms with van der Waals surface area (Å²) in [6.07, 6.45) is -0.457. The Morgan fingerprint density at radius 3 is 2.52 bits per heavy atom. The summed E-state index contributed by atoms with van der Waals surface area (Å²) in [6, 6.07) is 7.18. The molecule has 1 aromatic heterocycles. The summed E-state index contributed by atoms with van der Waals surface area (Å²) in [4.78, 5) is 20.4. The highest BCUT2D eigenvalue weighted by Gasteiger charge is 2.15. The van der Waals surface area contributed by atoms with Crippen LogP contribution in [-0.2, 0) is 11.3 Å². The average molecular weight is 423 g/mol. The molecule has 0 saturated heterocycles. The zero-order chi connectivity index (χ0) is 21.3. The lowest BCUT2D eigenvalue weighted by Crippen LogP contribution is -2.42. The second kappa shape index (κ2) is 10.7. The van der Waals surface area contributed by atoms with Crippen LogP contribution in [0.1, 0.15) is 33.6 Å². The van der Waals surface area contributed by atoms with Crippen molar-refractivity contribution in [1.82, 2.24) is 26.1 Å². The minimum Gasteiger partial charge on any atom is -0.444 e. The third-order valence-electron chi connectivity index (χ3n) is 3.37. The van der Waals surface area contributed by atoms with Gasteiger partial charge in [0.25, 0.3) is 0 Å². The Balaban J connectivity index is 1.84. The van der Waals surface area contributed by atoms with Crippen LogP contribution in [0.15, 0.2) is 33.8 Å². The van der Waals surface area contributed by atoms with Gasteiger partial charge in [-0.15, -0.1) is 0 Å². The van der Waals surface area contributed by atoms with Gasteiger partial charge in [0.15, 0.2) is 5.96 Å². The molecule has 1 amide bonds. The highest BCUT2D eigenvalue weighted by atomic mass is 35.5. The van der Waals surface area contributed by atoms with Crippen LogP contribution in [0, 0.1) is 0 Å². The highest BCUT2D eigenvalue weighted by molar-refractivity contribution is 6.30. The number of rotatable bonds is 7. The molecule has 0 saturated carbocycles. The van der Waals surface area contributed by atoms with Crippen molar-refractivity contribution in [3.05, 3.63) is 35.2 Å². The summed E-state index contributed by atoms with van der Waals surface area (Å²) in [6.45, 7) is 9.18. The largest absolute Gasteiger partial charge is 0.444 e. The normalized spacial score (nSPS) is 11.8. The molecule has 0 aliphatic heterocycles. The molecule has 0 atom stereocenters. The lowest BCUT2D eigenvalue weighted by Gasteiger charge is -2.19. The maximum Gasteiger partial charge on any atom is 0.407 e. The fourth-order valence-electron chi connectivity index (χ4n) is 2.18. The monoisotopic (exact) mass is 422 g/mol. The first-order valence-electron chi connectivity index (χ1n) is 9.34. The van der Waals surface area contributed by atoms with Gasteiger partial charge in [0, 0.05) is 30.2 Å². The molecule has 0 fully saturated rings. The third-order valence-corrected chi connectivity index (χ3v) is 3.62. The Morgan fingerprint density at radius 2 is 1.86 bits per heavy atom. The summed E-state index contributed by atoms with van der Waals surface area (Å²) >= 11 is 5.89. The third kappa shape index (κ3) is 8.39. The van der Waals surface area contributed by atoms with Crippen LogP contribution in [0.3, 0.4) is 0 Å². The zero-order valence-electron chi connectivity index (χ0n) is 17.1. The van der Waals surface area contributed by atoms with Gasteiger partial charge in [0.1, 0.15) is 12.1 Å². The number of nitrogens with one attached hydrogen (secondary N) is 3. The van der Waals surface area contributed by atoms with Gasteiger partial charge in [-0.05, 0) is 52.0 Å². The first-order chi connectivity index (χ1) is 13.8. The Morgan fingerprint density at radius 1 is 1.17 bits per heavy atom. The van der Waals surface area contributed by atoms with Gasteiger partial charge in [0.2, 0.25) is 11.7 Å². The maximum atomic E-state index is 11.6. The number of ether oxygens (including phenoxy) is 1. The Hall–Kier alpha value is -2.81. The van der Waals surface area contributed by atoms with E-state index in [1.165, 1.54) is 0 Å². The van der Waals surface area contributed by atoms with E-state index in [-0.39, 0.29) is 6.54 Å². The van der Waals surface area contributed by atoms with Gasteiger partial charge in [-0.2, -0.15) is 4.98 Å². The van der Waals surface area contributed by atoms with E-state index in [1.54, 1.807) is 12.1 Å². The van der Waals surface area contributed by atoms with Gasteiger partial charge in [-0.3, -0.25) is 0 Å². The fraction of sp³-hybridized carbons (Fsp3) is 0.474. The van der Waals surface area contributed by atoms with Gasteiger partial charge < -0.3 is 25.2 Å². The van der Waals surface area contributed by atoms with E-state index in [1.807, 2.05) is 39.8 Å². The van der Waals surface area contributed by atoms with Crippen molar-refractivity contribution in [1.29, 1.82) is 0 Å². The maximum absolute atomic E-state index is 11.6. The molecule has 0 aliphatic rings. The molecule has 1 aromatic carbocycles. The summed E-state index contributed by atoms with van der Waals surface area (Å²) in [7, 11) is 0. The van der Waals surface area contributed by atoms with E-state index in [0.717, 1.165) is 5.56 Å². The molecule has 0 aliphatic carbocycles. The van der Waals surface area contributed by atoms with E-state index in [9.17, 15) is 4.79 Å². The van der Waals surface area contributed by atoms with Crippen LogP contribution < -0.4 is 16.0 Å². The number of benzene rings is 1. The molecule has 3 N–H and O–H groups in total. The van der Waals surface area contributed by atoms with Crippen molar-refractivity contribution >= 4 is 23.7 Å². The van der Waals surface area contributed by atoms with Crippen molar-refractivity contribution in [2.24, 2.45) is 4.99 Å². The van der Waals surface area contributed by atoms with Crippen LogP contribution in [0.25, 0.3) is 11.4 Å². The topological polar surface area (TPSA) is 114 Å². The lowest BCUT2D eigenvalue weighted by atomic mass is 10.2. The number of hydrogen-bond acceptors (Lipinski definition) is 6. The summed E-state index contributed by atoms with van der Waals surface area (Å²) < 4.78 is 10.4. The smallest absolute Gasteiger partial charge is 0.407 e. The predicted octanol–water partition coefficient (Wildman–Crippen LogP) is 2.97. The standard InChI is InChI=1S/C19H27ClN6O3/c1-5-21-17(22-10-11-23-18(27)28-19(2,3)4)24-12-15-25-16(26-29-15)13-6-8-14(20)9-7-13/h6-9H,5,10-12H2,1-4H3,(H,23,27)(H2,21,22,24). The van der Waals surface area contributed by atoms with Crippen molar-refractivity contribution in [3.8, 4) is 11.4 Å². The van der Waals surface area contributed by atoms with Crippen LogP contribution >= 0.6 is 11.6 Å². The molecular weight excluding hydrogens is 396 g/mol. The van der Waals surface area contributed by atoms with Crippen LogP contribution in [0.4, 0.5) is 4.79 Å². The second-order valence-electron chi connectivity index (χ2n) is 7.07. The van der Waals surface area contributed by atoms with Crippen LogP contribution in [0.2, 0.25) is 5.02 Å². The van der Waals surface area contributed by atoms with Crippen molar-refractivity contribution in [2.75, 3.05) is 19.6 Å². The number of nitrogens with zero attached hydrogens (tertiary/aromatic N) is 3. The number of guanidine groups is 1. The van der Waals surface area contributed by atoms with Gasteiger partial charge in [-0.25, -0.2) is 9.79 Å². The second-order valence-corrected chi connectivity index (χ2v) is 7.51. The summed E-state index contributed by atoms with van der Waals surface area (Å²) in [5.41, 5.74) is 0.287. The van der Waals surface area contributed by atoms with Crippen molar-refractivity contribution in [2.45, 2.75) is 39.8 Å². The number of aliphatic imine (C=N–C) groups is 1. The van der Waals surface area contributed by atoms with Gasteiger partial charge in [-0.1, -0.05) is 16.8 Å². The highest BCUT2D eigenvalue weighted by Crippen LogP contribution is 2.18. The summed E-state index contributed by atoms with van der Waals surface area (Å²) in [5.74, 6) is 1.44. The Labute approximate surface area is 175 Å². The van der Waals surface area contributed by atoms with Crippen LogP contribution in [-0.4, -0.2) is 47.4 Å². The first-order valence-corrected chi connectivity index (χ1v) is 9.72. The van der Waals surface area contributed by atoms with Gasteiger partial charge in [0.05, 0.1) is 0 Å². The number of amides is 1. The van der Waals surface area contributed by atoms with E-state index in [2.05, 4.69) is 31.1 Å². The molecule has 0 radical (unpaired) electrons. The molecule has 9 nitrogen and oxygen atoms in total. The SMILES string of the molecule is CCNC(=NCc1nc(-c2ccc(Cl)cc2)no1)NCCNC(=O)OC(C)(C)C. The van der Waals surface area contributed by atoms with Crippen LogP contribution in [0.5, 0.6) is 0 Å². The Bertz CT molecular complexity index is 814. The lowest BCUT2D eigenvalue weighted by molar-refractivity contribution is 0.0529. The Kier molecular flexibility index (Phi) is 8.26. The van der Waals surface area contributed by atoms with E-state index in [0.29, 0.717) is 42.3 Å². The molecule has 1 heterocycles. The predicted molar refractivity (Wildman–Crippen MR) is 112 cm³/mol. The van der Waals surface area contributed by atoms with Crippen molar-refractivity contribution < 1.29 is 14.1 Å². The van der Waals surface area contributed by atoms with E-state index >= 15 is 0 Å². The number of halogens is 1. The van der Waals surface area contributed by atoms with E-state index < -0.39 is 11.7 Å². The zero-order valence-corrected chi connectivity index (χ0v) is 17.8. The number of carbonyl (C=O) groups is 1. The first kappa shape index (κ1) is 22.5. The molecule has 0 unspecified atom stereocenters. The van der Waals surface area contributed by atoms with Crippen molar-refractivity contribution in [3.63, 3.8) is 0 Å². The molecule has 29 heavy (non-hydrogen) atoms. The fourth-order valence-corrected chi connectivity index (χ4v) is 2.31. The minimum absolute atomic E-state index is 0.218. The number of hydrogen-bond donors (Lipinski definition) is 3. The molecule has 0 bridgehead atoms. The molecule has 2 rings (SSSR count). The minimum atomic E-state index is -0.525. The quantitative estimate of drug-likeness (QED) is 0.357. The summed E-state index contributed by atoms with van der Waals surface area (Å²) in [5, 5.41) is 13.5. The molecule has 158 valence electrons. The molecule has 10 heteroatoms.